The zero-order valence-electron chi connectivity index (χ0n) is 63.0. The Hall–Kier alpha value is -15.8. The van der Waals surface area contributed by atoms with Crippen molar-refractivity contribution < 1.29 is 0 Å². The molecule has 6 aromatic heterocycles. The molecule has 0 saturated heterocycles. The normalized spacial score (nSPS) is 11.7. The molecule has 0 bridgehead atoms. The first-order valence-corrected chi connectivity index (χ1v) is 39.3. The Balaban J connectivity index is 0.000000106. The Morgan fingerprint density at radius 1 is 0.179 bits per heavy atom. The highest BCUT2D eigenvalue weighted by molar-refractivity contribution is 6.23. The minimum Gasteiger partial charge on any atom is -0.268 e. The van der Waals surface area contributed by atoms with Crippen molar-refractivity contribution in [3.8, 4) is 100 Å². The van der Waals surface area contributed by atoms with Gasteiger partial charge >= 0.3 is 0 Å². The summed E-state index contributed by atoms with van der Waals surface area (Å²) in [4.78, 5) is 58.3. The van der Waals surface area contributed by atoms with Crippen molar-refractivity contribution in [3.63, 3.8) is 0 Å². The third-order valence-corrected chi connectivity index (χ3v) is 23.2. The molecule has 117 heavy (non-hydrogen) atoms. The summed E-state index contributed by atoms with van der Waals surface area (Å²) in [6, 6.07) is 137. The van der Waals surface area contributed by atoms with Crippen LogP contribution in [-0.2, 0) is 0 Å². The summed E-state index contributed by atoms with van der Waals surface area (Å²) in [5.41, 5.74) is 26.4. The van der Waals surface area contributed by atoms with Crippen LogP contribution in [0.5, 0.6) is 0 Å². The average molecular weight is 1500 g/mol. The van der Waals surface area contributed by atoms with Crippen LogP contribution in [0, 0.1) is 0 Å². The van der Waals surface area contributed by atoms with E-state index >= 15 is 0 Å². The van der Waals surface area contributed by atoms with Gasteiger partial charge in [0.1, 0.15) is 16.9 Å². The molecule has 0 amide bonds. The fourth-order valence-corrected chi connectivity index (χ4v) is 17.9. The molecule has 0 saturated carbocycles. The summed E-state index contributed by atoms with van der Waals surface area (Å²) >= 11 is 0. The van der Waals surface area contributed by atoms with Gasteiger partial charge in [-0.1, -0.05) is 334 Å². The number of hydrogen-bond donors (Lipinski definition) is 0. The van der Waals surface area contributed by atoms with Crippen LogP contribution >= 0.6 is 0 Å². The number of rotatable bonds is 9. The molecule has 9 nitrogen and oxygen atoms in total. The number of nitrogens with zero attached hydrogens (tertiary/aromatic N) is 6. The van der Waals surface area contributed by atoms with Crippen molar-refractivity contribution in [1.82, 2.24) is 28.2 Å². The maximum Gasteiger partial charge on any atom is 0.264 e. The number of fused-ring (bicyclic) bond motifs is 12. The standard InChI is InChI=1S/3C36H22N2O/c39-36-30-18-10-17-28-27(24-13-6-2-7-14-24)19-20-29(33(28)30)35-37-34-31(25-15-8-3-9-16-25)21-26(22-32(34)38(35)36)23-11-4-1-5-12-23;39-36-30-18-10-17-28-27(24-13-6-2-7-14-24)19-20-29(33(28)30)35-37-32-22-26(23-11-4-1-5-12-23)21-31(34(32)38(35)36)25-15-8-3-9-16-25;39-36-30-20-19-27(24-13-6-2-7-14-24)28-17-10-18-29(33(28)30)35-37-34-31(25-15-8-3-9-16-25)21-26(22-32(34)38(35)36)23-11-4-1-5-12-23/h3*1-22H. The van der Waals surface area contributed by atoms with Gasteiger partial charge in [0.25, 0.3) is 16.7 Å². The topological polar surface area (TPSA) is 103 Å². The third kappa shape index (κ3) is 11.2. The summed E-state index contributed by atoms with van der Waals surface area (Å²) in [6.45, 7) is 0. The van der Waals surface area contributed by atoms with E-state index in [9.17, 15) is 14.4 Å². The number of hydrogen-bond acceptors (Lipinski definition) is 6. The van der Waals surface area contributed by atoms with Gasteiger partial charge in [-0.15, -0.1) is 0 Å². The van der Waals surface area contributed by atoms with Crippen LogP contribution in [-0.4, -0.2) is 28.2 Å². The van der Waals surface area contributed by atoms with Gasteiger partial charge in [0.05, 0.1) is 33.1 Å². The molecule has 0 aliphatic heterocycles. The highest BCUT2D eigenvalue weighted by atomic mass is 16.1. The van der Waals surface area contributed by atoms with Gasteiger partial charge in [-0.05, 0) is 166 Å². The smallest absolute Gasteiger partial charge is 0.264 e. The number of benzene rings is 18. The van der Waals surface area contributed by atoms with Gasteiger partial charge < -0.3 is 0 Å². The van der Waals surface area contributed by atoms with Crippen molar-refractivity contribution in [2.75, 3.05) is 0 Å². The fraction of sp³-hybridized carbons (Fsp3) is 0. The van der Waals surface area contributed by atoms with Crippen LogP contribution in [0.2, 0.25) is 0 Å². The van der Waals surface area contributed by atoms with Crippen molar-refractivity contribution in [2.24, 2.45) is 0 Å². The number of pyridine rings is 3. The van der Waals surface area contributed by atoms with Crippen LogP contribution in [0.4, 0.5) is 0 Å². The Labute approximate surface area is 670 Å². The third-order valence-electron chi connectivity index (χ3n) is 23.2. The van der Waals surface area contributed by atoms with Gasteiger partial charge in [-0.3, -0.25) is 27.6 Å². The first-order valence-electron chi connectivity index (χ1n) is 39.3. The molecule has 0 atom stereocenters. The summed E-state index contributed by atoms with van der Waals surface area (Å²) in [6.07, 6.45) is 0. The molecular formula is C108H66N6O3. The highest BCUT2D eigenvalue weighted by Gasteiger charge is 2.26. The largest absolute Gasteiger partial charge is 0.268 e. The van der Waals surface area contributed by atoms with Crippen LogP contribution in [0.15, 0.2) is 415 Å². The second-order valence-corrected chi connectivity index (χ2v) is 29.9. The van der Waals surface area contributed by atoms with Crippen LogP contribution in [0.1, 0.15) is 0 Å². The molecule has 0 radical (unpaired) electrons. The summed E-state index contributed by atoms with van der Waals surface area (Å²) in [5, 5.41) is 11.2. The van der Waals surface area contributed by atoms with Gasteiger partial charge in [0.15, 0.2) is 0 Å². The van der Waals surface area contributed by atoms with E-state index < -0.39 is 0 Å². The summed E-state index contributed by atoms with van der Waals surface area (Å²) in [7, 11) is 0. The summed E-state index contributed by atoms with van der Waals surface area (Å²) in [5.74, 6) is 0. The van der Waals surface area contributed by atoms with Crippen molar-refractivity contribution in [3.05, 3.63) is 431 Å². The first kappa shape index (κ1) is 68.0. The molecule has 546 valence electrons. The SMILES string of the molecule is O=c1c2ccc(-c3ccccc3)c3cccc(c32)c2nc3c(-c4ccccc4)cc(-c4ccccc4)cc3n12.O=c1c2cccc3c(-c4ccccc4)ccc(c32)c2nc3c(-c4ccccc4)cc(-c4ccccc4)cc3n12.O=c1c2cccc3c(-c4ccccc4)ccc(c32)c2nc3cc(-c4ccccc4)cc(-c4ccccc4)c3n12. The van der Waals surface area contributed by atoms with Gasteiger partial charge in [-0.25, -0.2) is 15.0 Å². The van der Waals surface area contributed by atoms with Gasteiger partial charge in [0, 0.05) is 65.2 Å². The van der Waals surface area contributed by atoms with E-state index in [1.54, 1.807) is 0 Å². The number of aromatic nitrogens is 6. The highest BCUT2D eigenvalue weighted by Crippen LogP contribution is 2.45. The van der Waals surface area contributed by atoms with E-state index in [0.717, 1.165) is 182 Å². The lowest BCUT2D eigenvalue weighted by molar-refractivity contribution is 1.19. The number of imidazole rings is 3. The Bertz CT molecular complexity index is 7800. The monoisotopic (exact) mass is 1490 g/mol. The average Bonchev–Trinajstić information content (AvgIpc) is 1.60. The molecular weight excluding hydrogens is 1430 g/mol. The minimum absolute atomic E-state index is 0.0412. The van der Waals surface area contributed by atoms with E-state index in [-0.39, 0.29) is 16.7 Å². The van der Waals surface area contributed by atoms with E-state index in [1.165, 1.54) is 0 Å². The van der Waals surface area contributed by atoms with Crippen molar-refractivity contribution >= 4 is 115 Å². The first-order chi connectivity index (χ1) is 57.8. The molecule has 24 aromatic rings. The van der Waals surface area contributed by atoms with Crippen LogP contribution < -0.4 is 16.7 Å². The lowest BCUT2D eigenvalue weighted by Gasteiger charge is -2.12. The molecule has 0 aliphatic rings. The predicted octanol–water partition coefficient (Wildman–Crippen LogP) is 25.8. The predicted molar refractivity (Wildman–Crippen MR) is 484 cm³/mol. The van der Waals surface area contributed by atoms with Crippen molar-refractivity contribution in [2.45, 2.75) is 0 Å². The van der Waals surface area contributed by atoms with E-state index in [2.05, 4.69) is 206 Å². The van der Waals surface area contributed by atoms with E-state index in [0.29, 0.717) is 33.1 Å². The Morgan fingerprint density at radius 2 is 0.436 bits per heavy atom. The maximum atomic E-state index is 14.3. The molecule has 0 spiro atoms. The molecule has 9 heteroatoms. The van der Waals surface area contributed by atoms with E-state index in [4.69, 9.17) is 15.0 Å². The molecule has 0 unspecified atom stereocenters. The quantitative estimate of drug-likeness (QED) is 0.143. The van der Waals surface area contributed by atoms with Crippen LogP contribution in [0.25, 0.3) is 215 Å². The Kier molecular flexibility index (Phi) is 16.2. The molecule has 0 aliphatic carbocycles. The molecule has 24 rings (SSSR count). The maximum absolute atomic E-state index is 14.3. The second-order valence-electron chi connectivity index (χ2n) is 29.9. The molecule has 18 aromatic carbocycles. The van der Waals surface area contributed by atoms with Crippen molar-refractivity contribution in [1.29, 1.82) is 0 Å². The van der Waals surface area contributed by atoms with Gasteiger partial charge in [0.2, 0.25) is 0 Å². The fourth-order valence-electron chi connectivity index (χ4n) is 17.9. The minimum atomic E-state index is -0.0416. The summed E-state index contributed by atoms with van der Waals surface area (Å²) < 4.78 is 5.45. The molecule has 6 heterocycles. The molecule has 0 N–H and O–H groups in total. The molecule has 0 fully saturated rings. The Morgan fingerprint density at radius 3 is 0.795 bits per heavy atom. The zero-order valence-corrected chi connectivity index (χ0v) is 63.0. The van der Waals surface area contributed by atoms with Crippen LogP contribution in [0.3, 0.4) is 0 Å². The van der Waals surface area contributed by atoms with Gasteiger partial charge in [-0.2, -0.15) is 0 Å². The lowest BCUT2D eigenvalue weighted by Crippen LogP contribution is -2.13. The van der Waals surface area contributed by atoms with E-state index in [1.807, 2.05) is 207 Å². The lowest BCUT2D eigenvalue weighted by atomic mass is 9.94. The second kappa shape index (κ2) is 27.8. The zero-order chi connectivity index (χ0) is 77.8.